The molecule has 1 atom stereocenters. The number of nitrogens with zero attached hydrogens (tertiary/aromatic N) is 1. The van der Waals surface area contributed by atoms with Gasteiger partial charge >= 0.3 is 6.03 Å². The molecule has 1 heterocycles. The monoisotopic (exact) mass is 394 g/mol. The maximum absolute atomic E-state index is 13.1. The molecule has 1 aliphatic rings. The summed E-state index contributed by atoms with van der Waals surface area (Å²) in [6.45, 7) is 0. The number of amides is 2. The van der Waals surface area contributed by atoms with Crippen LogP contribution < -0.4 is 19.7 Å². The third kappa shape index (κ3) is 3.14. The molecule has 6 heteroatoms. The number of carbonyl (C=O) groups excluding carboxylic acids is 1. The van der Waals surface area contributed by atoms with Gasteiger partial charge in [-0.3, -0.25) is 4.90 Å². The molecule has 3 aromatic carbocycles. The summed E-state index contributed by atoms with van der Waals surface area (Å²) in [7, 11) is 3.17. The molecule has 5 nitrogen and oxygen atoms in total. The van der Waals surface area contributed by atoms with Crippen molar-refractivity contribution in [2.24, 2.45) is 0 Å². The summed E-state index contributed by atoms with van der Waals surface area (Å²) in [5.74, 6) is 1.16. The lowest BCUT2D eigenvalue weighted by atomic mass is 9.93. The van der Waals surface area contributed by atoms with E-state index in [-0.39, 0.29) is 12.1 Å². The first-order valence-corrected chi connectivity index (χ1v) is 9.17. The fourth-order valence-corrected chi connectivity index (χ4v) is 3.62. The van der Waals surface area contributed by atoms with Crippen LogP contribution in [0, 0.1) is 0 Å². The number of hydrogen-bond acceptors (Lipinski definition) is 3. The van der Waals surface area contributed by atoms with Crippen LogP contribution in [0.15, 0.2) is 66.7 Å². The minimum absolute atomic E-state index is 0.217. The lowest BCUT2D eigenvalue weighted by Crippen LogP contribution is -2.43. The number of ether oxygens (including phenoxy) is 2. The molecule has 3 aromatic rings. The molecule has 0 saturated carbocycles. The minimum Gasteiger partial charge on any atom is -0.493 e. The van der Waals surface area contributed by atoms with Crippen LogP contribution in [0.25, 0.3) is 0 Å². The molecule has 142 valence electrons. The van der Waals surface area contributed by atoms with Gasteiger partial charge in [-0.25, -0.2) is 4.79 Å². The van der Waals surface area contributed by atoms with Gasteiger partial charge in [-0.2, -0.15) is 0 Å². The number of hydrogen-bond donors (Lipinski definition) is 1. The van der Waals surface area contributed by atoms with Crippen LogP contribution in [-0.4, -0.2) is 20.3 Å². The Morgan fingerprint density at radius 1 is 0.929 bits per heavy atom. The number of fused-ring (bicyclic) bond motifs is 1. The second-order valence-electron chi connectivity index (χ2n) is 6.38. The molecule has 1 aliphatic heterocycles. The molecule has 0 spiro atoms. The summed E-state index contributed by atoms with van der Waals surface area (Å²) >= 11 is 6.09. The summed E-state index contributed by atoms with van der Waals surface area (Å²) < 4.78 is 10.9. The predicted octanol–water partition coefficient (Wildman–Crippen LogP) is 5.50. The van der Waals surface area contributed by atoms with Gasteiger partial charge in [-0.05, 0) is 35.9 Å². The summed E-state index contributed by atoms with van der Waals surface area (Å²) in [4.78, 5) is 14.8. The molecule has 1 unspecified atom stereocenters. The van der Waals surface area contributed by atoms with Gasteiger partial charge in [-0.1, -0.05) is 41.9 Å². The van der Waals surface area contributed by atoms with Gasteiger partial charge in [0.15, 0.2) is 11.5 Å². The van der Waals surface area contributed by atoms with Crippen LogP contribution in [0.3, 0.4) is 0 Å². The van der Waals surface area contributed by atoms with Gasteiger partial charge in [0, 0.05) is 22.3 Å². The highest BCUT2D eigenvalue weighted by molar-refractivity contribution is 6.30. The number of carbonyl (C=O) groups is 1. The second kappa shape index (κ2) is 7.44. The molecular formula is C22H19ClN2O3. The van der Waals surface area contributed by atoms with Crippen molar-refractivity contribution in [3.8, 4) is 11.5 Å². The number of para-hydroxylation sites is 1. The topological polar surface area (TPSA) is 50.8 Å². The SMILES string of the molecule is COc1cc2c(cc1OC)C(c1ccc(Cl)cc1)N(c1ccccc1)C(=O)N2. The molecule has 0 aromatic heterocycles. The highest BCUT2D eigenvalue weighted by atomic mass is 35.5. The standard InChI is InChI=1S/C22H19ClN2O3/c1-27-19-12-17-18(13-20(19)28-2)24-22(26)25(16-6-4-3-5-7-16)21(17)14-8-10-15(23)11-9-14/h3-13,21H,1-2H3,(H,24,26). The number of anilines is 2. The molecule has 0 radical (unpaired) electrons. The van der Waals surface area contributed by atoms with Crippen LogP contribution in [0.1, 0.15) is 17.2 Å². The van der Waals surface area contributed by atoms with Crippen molar-refractivity contribution in [1.29, 1.82) is 0 Å². The first-order chi connectivity index (χ1) is 13.6. The molecule has 28 heavy (non-hydrogen) atoms. The third-order valence-corrected chi connectivity index (χ3v) is 5.04. The fourth-order valence-electron chi connectivity index (χ4n) is 3.49. The van der Waals surface area contributed by atoms with Crippen molar-refractivity contribution in [2.45, 2.75) is 6.04 Å². The van der Waals surface area contributed by atoms with Crippen molar-refractivity contribution < 1.29 is 14.3 Å². The molecule has 2 amide bonds. The van der Waals surface area contributed by atoms with Crippen molar-refractivity contribution in [3.63, 3.8) is 0 Å². The van der Waals surface area contributed by atoms with E-state index in [1.54, 1.807) is 25.2 Å². The molecule has 1 N–H and O–H groups in total. The third-order valence-electron chi connectivity index (χ3n) is 4.79. The second-order valence-corrected chi connectivity index (χ2v) is 6.82. The van der Waals surface area contributed by atoms with E-state index in [2.05, 4.69) is 5.32 Å². The lowest BCUT2D eigenvalue weighted by Gasteiger charge is -2.38. The van der Waals surface area contributed by atoms with Gasteiger partial charge < -0.3 is 14.8 Å². The van der Waals surface area contributed by atoms with E-state index in [0.29, 0.717) is 22.2 Å². The molecule has 0 aliphatic carbocycles. The maximum Gasteiger partial charge on any atom is 0.327 e. The first kappa shape index (κ1) is 18.2. The first-order valence-electron chi connectivity index (χ1n) is 8.79. The van der Waals surface area contributed by atoms with Gasteiger partial charge in [0.05, 0.1) is 25.9 Å². The molecule has 0 bridgehead atoms. The molecule has 0 fully saturated rings. The highest BCUT2D eigenvalue weighted by Crippen LogP contribution is 2.45. The van der Waals surface area contributed by atoms with Crippen molar-refractivity contribution >= 4 is 29.0 Å². The Morgan fingerprint density at radius 3 is 2.21 bits per heavy atom. The van der Waals surface area contributed by atoms with Gasteiger partial charge in [0.25, 0.3) is 0 Å². The Bertz CT molecular complexity index is 1010. The number of rotatable bonds is 4. The Labute approximate surface area is 168 Å². The van der Waals surface area contributed by atoms with Crippen LogP contribution in [0.2, 0.25) is 5.02 Å². The van der Waals surface area contributed by atoms with E-state index in [1.165, 1.54) is 0 Å². The summed E-state index contributed by atoms with van der Waals surface area (Å²) in [6, 6.07) is 20.2. The van der Waals surface area contributed by atoms with Gasteiger partial charge in [0.1, 0.15) is 0 Å². The zero-order valence-corrected chi connectivity index (χ0v) is 16.2. The number of benzene rings is 3. The van der Waals surface area contributed by atoms with E-state index in [9.17, 15) is 4.79 Å². The van der Waals surface area contributed by atoms with Crippen molar-refractivity contribution in [1.82, 2.24) is 0 Å². The molecule has 0 saturated heterocycles. The van der Waals surface area contributed by atoms with E-state index in [4.69, 9.17) is 21.1 Å². The average molecular weight is 395 g/mol. The summed E-state index contributed by atoms with van der Waals surface area (Å²) in [5.41, 5.74) is 3.33. The Morgan fingerprint density at radius 2 is 1.57 bits per heavy atom. The van der Waals surface area contributed by atoms with Gasteiger partial charge in [-0.15, -0.1) is 0 Å². The normalized spacial score (nSPS) is 15.6. The Hall–Kier alpha value is -3.18. The quantitative estimate of drug-likeness (QED) is 0.635. The van der Waals surface area contributed by atoms with Crippen LogP contribution in [-0.2, 0) is 0 Å². The van der Waals surface area contributed by atoms with Crippen LogP contribution in [0.4, 0.5) is 16.2 Å². The van der Waals surface area contributed by atoms with Crippen LogP contribution >= 0.6 is 11.6 Å². The number of nitrogens with one attached hydrogen (secondary N) is 1. The van der Waals surface area contributed by atoms with E-state index in [0.717, 1.165) is 16.8 Å². The number of urea groups is 1. The number of halogens is 1. The Kier molecular flexibility index (Phi) is 4.84. The zero-order chi connectivity index (χ0) is 19.7. The van der Waals surface area contributed by atoms with Crippen molar-refractivity contribution in [3.05, 3.63) is 82.9 Å². The zero-order valence-electron chi connectivity index (χ0n) is 15.5. The van der Waals surface area contributed by atoms with Crippen LogP contribution in [0.5, 0.6) is 11.5 Å². The summed E-state index contributed by atoms with van der Waals surface area (Å²) in [6.07, 6.45) is 0. The molecule has 4 rings (SSSR count). The van der Waals surface area contributed by atoms with E-state index < -0.39 is 0 Å². The fraction of sp³-hybridized carbons (Fsp3) is 0.136. The molecular weight excluding hydrogens is 376 g/mol. The lowest BCUT2D eigenvalue weighted by molar-refractivity contribution is 0.254. The van der Waals surface area contributed by atoms with Gasteiger partial charge in [0.2, 0.25) is 0 Å². The summed E-state index contributed by atoms with van der Waals surface area (Å²) in [5, 5.41) is 3.61. The van der Waals surface area contributed by atoms with E-state index in [1.807, 2.05) is 60.7 Å². The predicted molar refractivity (Wildman–Crippen MR) is 111 cm³/mol. The largest absolute Gasteiger partial charge is 0.493 e. The average Bonchev–Trinajstić information content (AvgIpc) is 2.73. The highest BCUT2D eigenvalue weighted by Gasteiger charge is 2.35. The van der Waals surface area contributed by atoms with Crippen molar-refractivity contribution in [2.75, 3.05) is 24.4 Å². The minimum atomic E-state index is -0.344. The maximum atomic E-state index is 13.1. The Balaban J connectivity index is 1.94. The smallest absolute Gasteiger partial charge is 0.327 e. The van der Waals surface area contributed by atoms with E-state index >= 15 is 0 Å². The number of methoxy groups -OCH3 is 2.